The summed E-state index contributed by atoms with van der Waals surface area (Å²) in [5.74, 6) is -2.93. The number of amides is 1. The molecule has 0 radical (unpaired) electrons. The highest BCUT2D eigenvalue weighted by molar-refractivity contribution is 7.89. The van der Waals surface area contributed by atoms with Crippen molar-refractivity contribution in [2.75, 3.05) is 12.9 Å². The van der Waals surface area contributed by atoms with Crippen LogP contribution in [0.3, 0.4) is 0 Å². The van der Waals surface area contributed by atoms with Crippen LogP contribution in [0.2, 0.25) is 5.02 Å². The lowest BCUT2D eigenvalue weighted by atomic mass is 10.0. The Hall–Kier alpha value is -4.45. The number of hydrogen-bond acceptors (Lipinski definition) is 9. The van der Waals surface area contributed by atoms with Crippen molar-refractivity contribution in [1.82, 2.24) is 19.3 Å². The number of carbonyl (C=O) groups excluding carboxylic acids is 1. The summed E-state index contributed by atoms with van der Waals surface area (Å²) >= 11 is 7.52. The molecule has 5 rings (SSSR count). The second kappa shape index (κ2) is 11.3. The van der Waals surface area contributed by atoms with Crippen LogP contribution in [0.5, 0.6) is 5.75 Å². The Morgan fingerprint density at radius 3 is 2.63 bits per heavy atom. The molecule has 3 heterocycles. The molecule has 5 aromatic rings. The minimum absolute atomic E-state index is 0.0425. The highest BCUT2D eigenvalue weighted by Gasteiger charge is 2.22. The van der Waals surface area contributed by atoms with E-state index in [1.54, 1.807) is 37.3 Å². The van der Waals surface area contributed by atoms with E-state index >= 15 is 0 Å². The Morgan fingerprint density at radius 2 is 1.93 bits per heavy atom. The lowest BCUT2D eigenvalue weighted by Gasteiger charge is -2.16. The minimum Gasteiger partial charge on any atom is -0.491 e. The molecule has 0 aliphatic heterocycles. The van der Waals surface area contributed by atoms with Gasteiger partial charge in [-0.25, -0.2) is 26.9 Å². The zero-order chi connectivity index (χ0) is 31.2. The van der Waals surface area contributed by atoms with Crippen molar-refractivity contribution in [1.29, 1.82) is 5.26 Å². The topological polar surface area (TPSA) is 144 Å². The molecule has 0 saturated heterocycles. The van der Waals surface area contributed by atoms with Crippen LogP contribution in [0.25, 0.3) is 32.2 Å². The number of thiophene rings is 1. The molecule has 0 fully saturated rings. The molecule has 1 amide bonds. The van der Waals surface area contributed by atoms with Crippen LogP contribution in [-0.2, 0) is 16.6 Å². The van der Waals surface area contributed by atoms with Gasteiger partial charge in [-0.3, -0.25) is 19.1 Å². The van der Waals surface area contributed by atoms with E-state index in [2.05, 4.69) is 9.97 Å². The summed E-state index contributed by atoms with van der Waals surface area (Å²) in [4.78, 5) is 34.5. The van der Waals surface area contributed by atoms with E-state index < -0.39 is 38.7 Å². The smallest absolute Gasteiger partial charge is 0.267 e. The monoisotopic (exact) mass is 643 g/mol. The van der Waals surface area contributed by atoms with E-state index in [4.69, 9.17) is 16.3 Å². The lowest BCUT2D eigenvalue weighted by molar-refractivity contribution is 0.0983. The Kier molecular flexibility index (Phi) is 7.91. The minimum atomic E-state index is -3.80. The summed E-state index contributed by atoms with van der Waals surface area (Å²) in [6.07, 6.45) is 0.878. The summed E-state index contributed by atoms with van der Waals surface area (Å²) in [7, 11) is -3.80. The third-order valence-corrected chi connectivity index (χ3v) is 8.21. The van der Waals surface area contributed by atoms with Gasteiger partial charge in [-0.2, -0.15) is 5.26 Å². The molecule has 0 aliphatic carbocycles. The van der Waals surface area contributed by atoms with Crippen LogP contribution in [0.1, 0.15) is 27.4 Å². The van der Waals surface area contributed by atoms with E-state index in [1.165, 1.54) is 28.2 Å². The number of fused-ring (bicyclic) bond motifs is 2. The third-order valence-electron chi connectivity index (χ3n) is 6.42. The molecule has 43 heavy (non-hydrogen) atoms. The predicted molar refractivity (Wildman–Crippen MR) is 158 cm³/mol. The first-order valence-electron chi connectivity index (χ1n) is 12.4. The number of aromatic nitrogens is 3. The molecule has 0 unspecified atom stereocenters. The molecule has 2 aromatic carbocycles. The molecule has 0 saturated carbocycles. The normalized spacial score (nSPS) is 11.6. The number of sulfonamides is 1. The van der Waals surface area contributed by atoms with Crippen LogP contribution >= 0.6 is 22.9 Å². The Bertz CT molecular complexity index is 2190. The summed E-state index contributed by atoms with van der Waals surface area (Å²) in [5, 5.41) is 10.9. The number of rotatable bonds is 7. The second-order valence-electron chi connectivity index (χ2n) is 9.50. The SMILES string of the molecule is Cc1cc(-c2cc(Cl)ccc2OCCn2c(C)nc3cc(F)c(F)c(C#N)c3c2=O)c2scc(C(=O)NS(C)(=O)=O)c2n1. The number of nitrogens with zero attached hydrogens (tertiary/aromatic N) is 4. The molecule has 0 aliphatic rings. The molecule has 0 bridgehead atoms. The van der Waals surface area contributed by atoms with Crippen molar-refractivity contribution in [2.24, 2.45) is 0 Å². The van der Waals surface area contributed by atoms with Crippen molar-refractivity contribution < 1.29 is 26.7 Å². The van der Waals surface area contributed by atoms with Crippen molar-refractivity contribution in [3.63, 3.8) is 0 Å². The zero-order valence-electron chi connectivity index (χ0n) is 22.7. The first kappa shape index (κ1) is 30.0. The third kappa shape index (κ3) is 5.79. The van der Waals surface area contributed by atoms with Crippen molar-refractivity contribution in [2.45, 2.75) is 20.4 Å². The zero-order valence-corrected chi connectivity index (χ0v) is 25.0. The molecule has 15 heteroatoms. The van der Waals surface area contributed by atoms with E-state index in [1.807, 2.05) is 4.72 Å². The first-order chi connectivity index (χ1) is 20.3. The number of halogens is 3. The van der Waals surface area contributed by atoms with Gasteiger partial charge in [-0.1, -0.05) is 11.6 Å². The van der Waals surface area contributed by atoms with Gasteiger partial charge in [0.1, 0.15) is 29.8 Å². The fourth-order valence-corrected chi connectivity index (χ4v) is 6.25. The fourth-order valence-electron chi connectivity index (χ4n) is 4.61. The van der Waals surface area contributed by atoms with Gasteiger partial charge in [0, 0.05) is 33.3 Å². The lowest BCUT2D eigenvalue weighted by Crippen LogP contribution is -2.29. The van der Waals surface area contributed by atoms with E-state index in [0.29, 0.717) is 37.8 Å². The maximum absolute atomic E-state index is 14.3. The van der Waals surface area contributed by atoms with Crippen LogP contribution in [0, 0.1) is 36.8 Å². The standard InChI is InChI=1S/C28H20ClF2N5O5S2/c1-13-8-17(26-25(33-13)19(12-42-26)27(37)35-43(3,39)40)16-9-15(29)4-5-22(16)41-7-6-36-14(2)34-21-10-20(30)24(31)18(11-32)23(21)28(36)38/h4-5,8-10,12H,6-7H2,1-3H3,(H,35,37). The molecule has 10 nitrogen and oxygen atoms in total. The second-order valence-corrected chi connectivity index (χ2v) is 12.6. The van der Waals surface area contributed by atoms with Crippen molar-refractivity contribution >= 4 is 60.0 Å². The summed E-state index contributed by atoms with van der Waals surface area (Å²) < 4.78 is 61.2. The van der Waals surface area contributed by atoms with Gasteiger partial charge in [-0.15, -0.1) is 11.3 Å². The molecular formula is C28H20ClF2N5O5S2. The van der Waals surface area contributed by atoms with E-state index in [9.17, 15) is 32.0 Å². The number of carbonyl (C=O) groups is 1. The van der Waals surface area contributed by atoms with Gasteiger partial charge in [0.05, 0.1) is 39.5 Å². The number of pyridine rings is 1. The Balaban J connectivity index is 1.51. The first-order valence-corrected chi connectivity index (χ1v) is 15.6. The number of benzene rings is 2. The van der Waals surface area contributed by atoms with Crippen LogP contribution in [0.15, 0.2) is 40.5 Å². The van der Waals surface area contributed by atoms with Gasteiger partial charge in [0.25, 0.3) is 11.5 Å². The molecule has 1 N–H and O–H groups in total. The summed E-state index contributed by atoms with van der Waals surface area (Å²) in [6.45, 7) is 3.13. The van der Waals surface area contributed by atoms with Gasteiger partial charge < -0.3 is 4.74 Å². The number of aryl methyl sites for hydroxylation is 2. The summed E-state index contributed by atoms with van der Waals surface area (Å²) in [5.41, 5.74) is 0.530. The highest BCUT2D eigenvalue weighted by Crippen LogP contribution is 2.40. The Morgan fingerprint density at radius 1 is 1.19 bits per heavy atom. The van der Waals surface area contributed by atoms with Crippen molar-refractivity contribution in [3.05, 3.63) is 85.4 Å². The largest absolute Gasteiger partial charge is 0.491 e. The number of hydrogen-bond donors (Lipinski definition) is 1. The van der Waals surface area contributed by atoms with Crippen LogP contribution < -0.4 is 15.0 Å². The van der Waals surface area contributed by atoms with E-state index in [0.717, 1.165) is 12.3 Å². The molecule has 220 valence electrons. The summed E-state index contributed by atoms with van der Waals surface area (Å²) in [6, 6.07) is 8.99. The average molecular weight is 644 g/mol. The maximum Gasteiger partial charge on any atom is 0.267 e. The van der Waals surface area contributed by atoms with Gasteiger partial charge in [-0.05, 0) is 38.1 Å². The van der Waals surface area contributed by atoms with E-state index in [-0.39, 0.29) is 35.4 Å². The number of nitrogens with one attached hydrogen (secondary N) is 1. The molecular weight excluding hydrogens is 624 g/mol. The molecule has 3 aromatic heterocycles. The Labute approximate surface area is 252 Å². The average Bonchev–Trinajstić information content (AvgIpc) is 3.35. The molecule has 0 atom stereocenters. The van der Waals surface area contributed by atoms with Gasteiger partial charge in [0.2, 0.25) is 10.0 Å². The van der Waals surface area contributed by atoms with Crippen LogP contribution in [0.4, 0.5) is 8.78 Å². The fraction of sp³-hybridized carbons (Fsp3) is 0.179. The van der Waals surface area contributed by atoms with Crippen LogP contribution in [-0.4, -0.2) is 41.7 Å². The van der Waals surface area contributed by atoms with Gasteiger partial charge >= 0.3 is 0 Å². The van der Waals surface area contributed by atoms with Gasteiger partial charge in [0.15, 0.2) is 11.6 Å². The maximum atomic E-state index is 14.3. The predicted octanol–water partition coefficient (Wildman–Crippen LogP) is 4.86. The van der Waals surface area contributed by atoms with Crippen molar-refractivity contribution in [3.8, 4) is 22.9 Å². The highest BCUT2D eigenvalue weighted by atomic mass is 35.5. The quantitative estimate of drug-likeness (QED) is 0.265. The molecule has 0 spiro atoms. The number of nitriles is 1. The number of ether oxygens (including phenoxy) is 1.